The van der Waals surface area contributed by atoms with E-state index in [0.717, 1.165) is 11.1 Å². The predicted octanol–water partition coefficient (Wildman–Crippen LogP) is 2.88. The Kier molecular flexibility index (Phi) is 5.23. The van der Waals surface area contributed by atoms with Gasteiger partial charge in [0.2, 0.25) is 0 Å². The van der Waals surface area contributed by atoms with Gasteiger partial charge in [0.1, 0.15) is 13.2 Å². The Morgan fingerprint density at radius 1 is 1.21 bits per heavy atom. The zero-order chi connectivity index (χ0) is 16.8. The number of nitrogens with zero attached hydrogens (tertiary/aromatic N) is 2. The number of carbonyl (C=O) groups is 1. The molecular weight excluding hydrogens is 304 g/mol. The van der Waals surface area contributed by atoms with Crippen molar-refractivity contribution in [2.75, 3.05) is 26.8 Å². The fourth-order valence-electron chi connectivity index (χ4n) is 2.71. The lowest BCUT2D eigenvalue weighted by Crippen LogP contribution is -2.42. The third-order valence-corrected chi connectivity index (χ3v) is 3.99. The van der Waals surface area contributed by atoms with Crippen molar-refractivity contribution in [3.63, 3.8) is 0 Å². The van der Waals surface area contributed by atoms with Crippen LogP contribution in [0.5, 0.6) is 0 Å². The van der Waals surface area contributed by atoms with Gasteiger partial charge < -0.3 is 14.5 Å². The quantitative estimate of drug-likeness (QED) is 0.642. The standard InChI is InChI=1S/C19H20N2O3/c1-23-20-13-15-7-9-17(10-8-15)19(22)21-11-12-24-18(14-21)16-5-3-2-4-6-16/h2-10,13,18H,11-12,14H2,1H3/b20-13+. The van der Waals surface area contributed by atoms with Crippen LogP contribution in [0, 0.1) is 0 Å². The van der Waals surface area contributed by atoms with Gasteiger partial charge in [0.25, 0.3) is 5.91 Å². The second-order valence-corrected chi connectivity index (χ2v) is 5.56. The highest BCUT2D eigenvalue weighted by Crippen LogP contribution is 2.23. The van der Waals surface area contributed by atoms with Crippen LogP contribution in [0.2, 0.25) is 0 Å². The van der Waals surface area contributed by atoms with Crippen molar-refractivity contribution >= 4 is 12.1 Å². The van der Waals surface area contributed by atoms with Gasteiger partial charge in [-0.1, -0.05) is 47.6 Å². The van der Waals surface area contributed by atoms with Gasteiger partial charge in [-0.05, 0) is 23.3 Å². The minimum Gasteiger partial charge on any atom is -0.399 e. The van der Waals surface area contributed by atoms with E-state index in [9.17, 15) is 4.79 Å². The zero-order valence-electron chi connectivity index (χ0n) is 13.6. The SMILES string of the molecule is CO/N=C/c1ccc(C(=O)N2CCOC(c3ccccc3)C2)cc1. The lowest BCUT2D eigenvalue weighted by molar-refractivity contribution is -0.0228. The maximum atomic E-state index is 12.7. The molecule has 2 aromatic carbocycles. The van der Waals surface area contributed by atoms with Gasteiger partial charge in [0.05, 0.1) is 19.4 Å². The third-order valence-electron chi connectivity index (χ3n) is 3.99. The van der Waals surface area contributed by atoms with Crippen LogP contribution in [0.15, 0.2) is 59.8 Å². The van der Waals surface area contributed by atoms with Crippen molar-refractivity contribution in [3.8, 4) is 0 Å². The molecule has 1 heterocycles. The summed E-state index contributed by atoms with van der Waals surface area (Å²) >= 11 is 0. The largest absolute Gasteiger partial charge is 0.399 e. The molecule has 24 heavy (non-hydrogen) atoms. The van der Waals surface area contributed by atoms with Crippen molar-refractivity contribution in [2.24, 2.45) is 5.16 Å². The molecule has 0 N–H and O–H groups in total. The van der Waals surface area contributed by atoms with Gasteiger partial charge in [-0.2, -0.15) is 0 Å². The van der Waals surface area contributed by atoms with E-state index in [-0.39, 0.29) is 12.0 Å². The Morgan fingerprint density at radius 2 is 1.96 bits per heavy atom. The van der Waals surface area contributed by atoms with Gasteiger partial charge in [-0.25, -0.2) is 0 Å². The smallest absolute Gasteiger partial charge is 0.254 e. The molecule has 0 spiro atoms. The molecule has 0 radical (unpaired) electrons. The Hall–Kier alpha value is -2.66. The van der Waals surface area contributed by atoms with E-state index >= 15 is 0 Å². The van der Waals surface area contributed by atoms with E-state index < -0.39 is 0 Å². The molecule has 0 bridgehead atoms. The maximum absolute atomic E-state index is 12.7. The summed E-state index contributed by atoms with van der Waals surface area (Å²) in [6.45, 7) is 1.72. The van der Waals surface area contributed by atoms with Crippen molar-refractivity contribution < 1.29 is 14.4 Å². The van der Waals surface area contributed by atoms with E-state index in [0.29, 0.717) is 25.3 Å². The van der Waals surface area contributed by atoms with Crippen LogP contribution in [-0.4, -0.2) is 43.8 Å². The summed E-state index contributed by atoms with van der Waals surface area (Å²) in [5.41, 5.74) is 2.65. The highest BCUT2D eigenvalue weighted by atomic mass is 16.6. The molecule has 1 atom stereocenters. The number of benzene rings is 2. The van der Waals surface area contributed by atoms with E-state index in [1.165, 1.54) is 7.11 Å². The van der Waals surface area contributed by atoms with Crippen molar-refractivity contribution in [1.29, 1.82) is 0 Å². The van der Waals surface area contributed by atoms with Crippen LogP contribution < -0.4 is 0 Å². The fourth-order valence-corrected chi connectivity index (χ4v) is 2.71. The average molecular weight is 324 g/mol. The second-order valence-electron chi connectivity index (χ2n) is 5.56. The molecule has 1 fully saturated rings. The monoisotopic (exact) mass is 324 g/mol. The Morgan fingerprint density at radius 3 is 2.67 bits per heavy atom. The highest BCUT2D eigenvalue weighted by molar-refractivity contribution is 5.95. The van der Waals surface area contributed by atoms with E-state index in [1.807, 2.05) is 59.5 Å². The number of hydrogen-bond donors (Lipinski definition) is 0. The first-order valence-corrected chi connectivity index (χ1v) is 7.90. The number of hydrogen-bond acceptors (Lipinski definition) is 4. The summed E-state index contributed by atoms with van der Waals surface area (Å²) in [5.74, 6) is 0.0226. The van der Waals surface area contributed by atoms with E-state index in [2.05, 4.69) is 9.99 Å². The van der Waals surface area contributed by atoms with Gasteiger partial charge >= 0.3 is 0 Å². The Balaban J connectivity index is 1.69. The first-order chi connectivity index (χ1) is 11.8. The van der Waals surface area contributed by atoms with Crippen molar-refractivity contribution in [3.05, 3.63) is 71.3 Å². The number of morpholine rings is 1. The molecule has 1 aliphatic rings. The van der Waals surface area contributed by atoms with E-state index in [4.69, 9.17) is 4.74 Å². The molecule has 0 saturated carbocycles. The van der Waals surface area contributed by atoms with Crippen LogP contribution in [0.25, 0.3) is 0 Å². The minimum atomic E-state index is -0.0722. The van der Waals surface area contributed by atoms with Crippen molar-refractivity contribution in [2.45, 2.75) is 6.10 Å². The van der Waals surface area contributed by atoms with Crippen LogP contribution in [0.3, 0.4) is 0 Å². The molecule has 0 aliphatic carbocycles. The lowest BCUT2D eigenvalue weighted by atomic mass is 10.1. The first kappa shape index (κ1) is 16.2. The van der Waals surface area contributed by atoms with E-state index in [1.54, 1.807) is 6.21 Å². The van der Waals surface area contributed by atoms with Crippen LogP contribution in [0.4, 0.5) is 0 Å². The lowest BCUT2D eigenvalue weighted by Gasteiger charge is -2.33. The van der Waals surface area contributed by atoms with Gasteiger partial charge in [0, 0.05) is 12.1 Å². The summed E-state index contributed by atoms with van der Waals surface area (Å²) in [4.78, 5) is 19.2. The second kappa shape index (κ2) is 7.75. The van der Waals surface area contributed by atoms with Gasteiger partial charge in [0.15, 0.2) is 0 Å². The van der Waals surface area contributed by atoms with Crippen LogP contribution in [-0.2, 0) is 9.57 Å². The van der Waals surface area contributed by atoms with Crippen LogP contribution in [0.1, 0.15) is 27.6 Å². The Bertz CT molecular complexity index is 698. The topological polar surface area (TPSA) is 51.1 Å². The molecule has 5 heteroatoms. The zero-order valence-corrected chi connectivity index (χ0v) is 13.6. The molecule has 5 nitrogen and oxygen atoms in total. The predicted molar refractivity (Wildman–Crippen MR) is 92.1 cm³/mol. The highest BCUT2D eigenvalue weighted by Gasteiger charge is 2.25. The molecule has 1 unspecified atom stereocenters. The summed E-state index contributed by atoms with van der Waals surface area (Å²) in [6, 6.07) is 17.3. The van der Waals surface area contributed by atoms with Crippen LogP contribution >= 0.6 is 0 Å². The minimum absolute atomic E-state index is 0.0226. The molecule has 1 saturated heterocycles. The summed E-state index contributed by atoms with van der Waals surface area (Å²) in [7, 11) is 1.50. The molecule has 3 rings (SSSR count). The maximum Gasteiger partial charge on any atom is 0.254 e. The van der Waals surface area contributed by atoms with Gasteiger partial charge in [-0.3, -0.25) is 4.79 Å². The summed E-state index contributed by atoms with van der Waals surface area (Å²) in [6.07, 6.45) is 1.53. The number of rotatable bonds is 4. The third kappa shape index (κ3) is 3.81. The summed E-state index contributed by atoms with van der Waals surface area (Å²) < 4.78 is 5.82. The number of ether oxygens (including phenoxy) is 1. The summed E-state index contributed by atoms with van der Waals surface area (Å²) in [5, 5.41) is 3.71. The average Bonchev–Trinajstić information content (AvgIpc) is 2.67. The molecule has 0 aromatic heterocycles. The number of amides is 1. The number of oxime groups is 1. The molecule has 2 aromatic rings. The molecule has 1 aliphatic heterocycles. The first-order valence-electron chi connectivity index (χ1n) is 7.90. The number of carbonyl (C=O) groups excluding carboxylic acids is 1. The molecular formula is C19H20N2O3. The normalized spacial score (nSPS) is 17.9. The molecule has 1 amide bonds. The Labute approximate surface area is 141 Å². The molecule has 124 valence electrons. The fraction of sp³-hybridized carbons (Fsp3) is 0.263. The van der Waals surface area contributed by atoms with Gasteiger partial charge in [-0.15, -0.1) is 0 Å². The van der Waals surface area contributed by atoms with Crippen molar-refractivity contribution in [1.82, 2.24) is 4.90 Å².